The number of nitro benzene ring substituents is 1. The van der Waals surface area contributed by atoms with E-state index in [1.807, 2.05) is 36.4 Å². The number of halogens is 1. The predicted octanol–water partition coefficient (Wildman–Crippen LogP) is 3.28. The van der Waals surface area contributed by atoms with Crippen molar-refractivity contribution in [1.29, 1.82) is 0 Å². The standard InChI is InChI=1S/C28H18IN2O7S/c32-30(33)23-8-2-6-21(16-23)29(22-7-3-9-24(17-22)31(34)35)38-39(36,37)26-15-13-20-11-10-18-4-1-5-19-12-14-25(26)28(20)27(18)19/h1-17H,(H,32,33)/q+2. The van der Waals surface area contributed by atoms with E-state index in [1.165, 1.54) is 42.5 Å². The summed E-state index contributed by atoms with van der Waals surface area (Å²) in [6.45, 7) is 0. The Labute approximate surface area is 229 Å². The molecule has 0 fully saturated rings. The molecular weight excluding hydrogens is 635 g/mol. The van der Waals surface area contributed by atoms with Crippen LogP contribution in [0.2, 0.25) is 0 Å². The topological polar surface area (TPSA) is 127 Å². The molecule has 0 aliphatic rings. The van der Waals surface area contributed by atoms with Crippen LogP contribution in [0, 0.1) is 22.2 Å². The van der Waals surface area contributed by atoms with Crippen LogP contribution < -0.4 is 20.2 Å². The quantitative estimate of drug-likeness (QED) is 0.121. The molecule has 0 aromatic heterocycles. The fourth-order valence-electron chi connectivity index (χ4n) is 4.64. The molecule has 0 spiro atoms. The van der Waals surface area contributed by atoms with Gasteiger partial charge in [0.15, 0.2) is 7.14 Å². The molecule has 193 valence electrons. The van der Waals surface area contributed by atoms with Crippen molar-refractivity contribution in [1.82, 2.24) is 0 Å². The highest BCUT2D eigenvalue weighted by Crippen LogP contribution is 2.37. The lowest BCUT2D eigenvalue weighted by molar-refractivity contribution is -1.03. The Kier molecular flexibility index (Phi) is 6.13. The lowest BCUT2D eigenvalue weighted by atomic mass is 9.94. The van der Waals surface area contributed by atoms with Crippen LogP contribution in [0.3, 0.4) is 0 Å². The van der Waals surface area contributed by atoms with E-state index in [0.717, 1.165) is 26.9 Å². The van der Waals surface area contributed by atoms with Crippen molar-refractivity contribution in [3.63, 3.8) is 0 Å². The zero-order chi connectivity index (χ0) is 27.3. The van der Waals surface area contributed by atoms with Gasteiger partial charge in [-0.25, -0.2) is 5.21 Å². The van der Waals surface area contributed by atoms with Crippen molar-refractivity contribution in [2.24, 2.45) is 0 Å². The number of nitrogens with zero attached hydrogens (tertiary/aromatic N) is 2. The maximum Gasteiger partial charge on any atom is 0.336 e. The van der Waals surface area contributed by atoms with Gasteiger partial charge in [0.05, 0.1) is 22.0 Å². The number of benzene rings is 6. The monoisotopic (exact) mass is 653 g/mol. The Hall–Kier alpha value is -4.20. The van der Waals surface area contributed by atoms with Crippen LogP contribution in [-0.2, 0) is 12.6 Å². The summed E-state index contributed by atoms with van der Waals surface area (Å²) >= 11 is -3.44. The second-order valence-electron chi connectivity index (χ2n) is 8.68. The van der Waals surface area contributed by atoms with Crippen molar-refractivity contribution in [3.05, 3.63) is 125 Å². The average Bonchev–Trinajstić information content (AvgIpc) is 2.94. The maximum atomic E-state index is 13.9. The predicted molar refractivity (Wildman–Crippen MR) is 140 cm³/mol. The SMILES string of the molecule is O=[N+]([O-])c1cccc([I+](OS(=O)(=O)c2ccc3ccc4cccc5ccc2c3c45)c2cccc([N+](=O)O)c2)c1. The van der Waals surface area contributed by atoms with Crippen LogP contribution in [0.5, 0.6) is 0 Å². The lowest BCUT2D eigenvalue weighted by Gasteiger charge is -2.13. The van der Waals surface area contributed by atoms with E-state index in [9.17, 15) is 28.6 Å². The van der Waals surface area contributed by atoms with Gasteiger partial charge in [-0.3, -0.25) is 10.1 Å². The molecule has 0 saturated heterocycles. The molecule has 11 heteroatoms. The Bertz CT molecular complexity index is 1970. The fourth-order valence-corrected chi connectivity index (χ4v) is 11.9. The molecule has 0 amide bonds. The maximum absolute atomic E-state index is 13.9. The van der Waals surface area contributed by atoms with Gasteiger partial charge in [0.1, 0.15) is 4.90 Å². The molecule has 0 atom stereocenters. The van der Waals surface area contributed by atoms with E-state index in [-0.39, 0.29) is 21.2 Å². The number of hydrogen-bond acceptors (Lipinski definition) is 6. The first-order chi connectivity index (χ1) is 18.7. The Morgan fingerprint density at radius 1 is 0.692 bits per heavy atom. The highest BCUT2D eigenvalue weighted by Gasteiger charge is 2.40. The van der Waals surface area contributed by atoms with Gasteiger partial charge >= 0.3 is 36.0 Å². The number of hydrogen-bond donors (Lipinski definition) is 1. The summed E-state index contributed by atoms with van der Waals surface area (Å²) in [4.78, 5) is 22.1. The molecule has 0 bridgehead atoms. The van der Waals surface area contributed by atoms with Crippen molar-refractivity contribution >= 4 is 53.8 Å². The lowest BCUT2D eigenvalue weighted by Crippen LogP contribution is -3.85. The van der Waals surface area contributed by atoms with Gasteiger partial charge < -0.3 is 0 Å². The van der Waals surface area contributed by atoms with Crippen LogP contribution >= 0.6 is 0 Å². The van der Waals surface area contributed by atoms with E-state index < -0.39 is 35.3 Å². The van der Waals surface area contributed by atoms with Gasteiger partial charge in [0.25, 0.3) is 10.6 Å². The molecule has 0 unspecified atom stereocenters. The first-order valence-electron chi connectivity index (χ1n) is 11.6. The molecule has 0 aliphatic carbocycles. The zero-order valence-electron chi connectivity index (χ0n) is 19.9. The molecule has 0 heterocycles. The second-order valence-corrected chi connectivity index (χ2v) is 15.1. The number of rotatable bonds is 7. The third-order valence-corrected chi connectivity index (χ3v) is 13.6. The minimum Gasteiger partial charge on any atom is -0.258 e. The summed E-state index contributed by atoms with van der Waals surface area (Å²) in [5.74, 6) is 0. The highest BCUT2D eigenvalue weighted by molar-refractivity contribution is 7.86. The summed E-state index contributed by atoms with van der Waals surface area (Å²) in [6, 6.07) is 28.0. The molecule has 6 aromatic rings. The molecule has 6 aromatic carbocycles. The van der Waals surface area contributed by atoms with Gasteiger partial charge in [0.2, 0.25) is 0 Å². The van der Waals surface area contributed by atoms with Crippen LogP contribution in [0.4, 0.5) is 11.4 Å². The molecule has 0 saturated carbocycles. The summed E-state index contributed by atoms with van der Waals surface area (Å²) in [6.07, 6.45) is 0. The van der Waals surface area contributed by atoms with Crippen molar-refractivity contribution in [2.45, 2.75) is 4.90 Å². The molecule has 1 N–H and O–H groups in total. The van der Waals surface area contributed by atoms with Crippen molar-refractivity contribution in [2.75, 3.05) is 0 Å². The summed E-state index contributed by atoms with van der Waals surface area (Å²) in [5.41, 5.74) is -0.341. The van der Waals surface area contributed by atoms with E-state index in [0.29, 0.717) is 12.5 Å². The Balaban J connectivity index is 1.53. The minimum atomic E-state index is -4.40. The first kappa shape index (κ1) is 25.1. The normalized spacial score (nSPS) is 12.0. The molecular formula is C28H18IN2O7S+2. The average molecular weight is 653 g/mol. The van der Waals surface area contributed by atoms with Crippen LogP contribution in [-0.4, -0.2) is 23.5 Å². The zero-order valence-corrected chi connectivity index (χ0v) is 22.9. The summed E-state index contributed by atoms with van der Waals surface area (Å²) in [5, 5.41) is 26.0. The molecule has 9 nitrogen and oxygen atoms in total. The summed E-state index contributed by atoms with van der Waals surface area (Å²) < 4.78 is 34.5. The van der Waals surface area contributed by atoms with Gasteiger partial charge in [-0.05, 0) is 47.6 Å². The van der Waals surface area contributed by atoms with Gasteiger partial charge in [-0.2, -0.15) is 8.42 Å². The van der Waals surface area contributed by atoms with Crippen molar-refractivity contribution in [3.8, 4) is 0 Å². The van der Waals surface area contributed by atoms with E-state index >= 15 is 0 Å². The van der Waals surface area contributed by atoms with Crippen LogP contribution in [0.15, 0.2) is 108 Å². The van der Waals surface area contributed by atoms with Crippen LogP contribution in [0.1, 0.15) is 0 Å². The highest BCUT2D eigenvalue weighted by atomic mass is 127. The Morgan fingerprint density at radius 2 is 1.23 bits per heavy atom. The minimum absolute atomic E-state index is 0.0234. The second kappa shape index (κ2) is 9.52. The third-order valence-electron chi connectivity index (χ3n) is 6.35. The molecule has 0 aliphatic heterocycles. The van der Waals surface area contributed by atoms with Gasteiger partial charge in [-0.1, -0.05) is 60.7 Å². The van der Waals surface area contributed by atoms with Gasteiger partial charge in [-0.15, -0.1) is 0 Å². The van der Waals surface area contributed by atoms with Crippen molar-refractivity contribution < 1.29 is 46.2 Å². The molecule has 1 radical (unpaired) electrons. The van der Waals surface area contributed by atoms with E-state index in [4.69, 9.17) is 2.51 Å². The number of nitro groups is 1. The third kappa shape index (κ3) is 4.43. The van der Waals surface area contributed by atoms with E-state index in [1.54, 1.807) is 24.3 Å². The van der Waals surface area contributed by atoms with E-state index in [2.05, 4.69) is 0 Å². The van der Waals surface area contributed by atoms with Crippen LogP contribution in [0.25, 0.3) is 32.3 Å². The number of non-ortho nitro benzene ring substituents is 1. The fraction of sp³-hybridized carbons (Fsp3) is 0. The van der Waals surface area contributed by atoms with Gasteiger partial charge in [0, 0.05) is 17.5 Å². The first-order valence-corrected chi connectivity index (χ1v) is 16.0. The summed E-state index contributed by atoms with van der Waals surface area (Å²) in [7, 11) is -4.40. The molecule has 39 heavy (non-hydrogen) atoms. The smallest absolute Gasteiger partial charge is 0.258 e. The molecule has 6 rings (SSSR count). The Morgan fingerprint density at radius 3 is 1.87 bits per heavy atom. The largest absolute Gasteiger partial charge is 0.336 e.